The summed E-state index contributed by atoms with van der Waals surface area (Å²) in [6.07, 6.45) is 2.07. The molecule has 3 rings (SSSR count). The predicted octanol–water partition coefficient (Wildman–Crippen LogP) is 4.97. The van der Waals surface area contributed by atoms with E-state index in [2.05, 4.69) is 24.3 Å². The number of hydrogen-bond donors (Lipinski definition) is 1. The molecule has 1 heterocycles. The van der Waals surface area contributed by atoms with Gasteiger partial charge in [-0.25, -0.2) is 5.84 Å². The first-order chi connectivity index (χ1) is 13.3. The van der Waals surface area contributed by atoms with Crippen LogP contribution in [0.1, 0.15) is 16.7 Å². The van der Waals surface area contributed by atoms with Crippen molar-refractivity contribution in [3.05, 3.63) is 58.1 Å². The molecule has 2 N–H and O–H groups in total. The van der Waals surface area contributed by atoms with Gasteiger partial charge in [-0.1, -0.05) is 17.7 Å². The first-order valence-corrected chi connectivity index (χ1v) is 10.5. The third kappa shape index (κ3) is 3.99. The molecule has 0 unspecified atom stereocenters. The number of anilines is 1. The number of nitrogens with two attached hydrogens (primary N) is 1. The van der Waals surface area contributed by atoms with Crippen molar-refractivity contribution < 1.29 is 4.74 Å². The van der Waals surface area contributed by atoms with Gasteiger partial charge in [-0.3, -0.25) is 4.68 Å². The largest absolute Gasteiger partial charge is 0.488 e. The van der Waals surface area contributed by atoms with E-state index in [4.69, 9.17) is 22.2 Å². The molecule has 0 aliphatic carbocycles. The van der Waals surface area contributed by atoms with E-state index < -0.39 is 0 Å². The average molecular weight is 417 g/mol. The van der Waals surface area contributed by atoms with E-state index in [-0.39, 0.29) is 0 Å². The van der Waals surface area contributed by atoms with Gasteiger partial charge in [-0.2, -0.15) is 5.10 Å². The summed E-state index contributed by atoms with van der Waals surface area (Å²) in [5, 5.41) is 8.03. The summed E-state index contributed by atoms with van der Waals surface area (Å²) in [5.74, 6) is 6.73. The zero-order chi connectivity index (χ0) is 20.4. The molecule has 7 heteroatoms. The van der Waals surface area contributed by atoms with Crippen LogP contribution in [0.15, 0.2) is 41.4 Å². The highest BCUT2D eigenvalue weighted by molar-refractivity contribution is 7.98. The molecule has 0 radical (unpaired) electrons. The lowest BCUT2D eigenvalue weighted by Crippen LogP contribution is -2.26. The summed E-state index contributed by atoms with van der Waals surface area (Å²) in [6, 6.07) is 11.8. The maximum absolute atomic E-state index is 6.36. The average Bonchev–Trinajstić information content (AvgIpc) is 2.94. The molecular formula is C21H25ClN4OS. The number of aromatic nitrogens is 2. The van der Waals surface area contributed by atoms with E-state index in [0.717, 1.165) is 33.8 Å². The molecule has 0 aliphatic rings. The lowest BCUT2D eigenvalue weighted by molar-refractivity contribution is 0.304. The second-order valence-corrected chi connectivity index (χ2v) is 7.93. The lowest BCUT2D eigenvalue weighted by atomic mass is 10.1. The predicted molar refractivity (Wildman–Crippen MR) is 118 cm³/mol. The Hall–Kier alpha value is -2.15. The second kappa shape index (κ2) is 8.47. The maximum atomic E-state index is 6.36. The van der Waals surface area contributed by atoms with Crippen molar-refractivity contribution in [1.29, 1.82) is 0 Å². The summed E-state index contributed by atoms with van der Waals surface area (Å²) < 4.78 is 8.00. The van der Waals surface area contributed by atoms with E-state index in [1.54, 1.807) is 23.8 Å². The highest BCUT2D eigenvalue weighted by atomic mass is 35.5. The first kappa shape index (κ1) is 20.6. The van der Waals surface area contributed by atoms with Crippen LogP contribution in [0.5, 0.6) is 5.75 Å². The Morgan fingerprint density at radius 2 is 2.00 bits per heavy atom. The quantitative estimate of drug-likeness (QED) is 0.349. The smallest absolute Gasteiger partial charge is 0.122 e. The van der Waals surface area contributed by atoms with Crippen molar-refractivity contribution in [2.24, 2.45) is 12.9 Å². The molecule has 0 spiro atoms. The monoisotopic (exact) mass is 416 g/mol. The van der Waals surface area contributed by atoms with Gasteiger partial charge in [0.15, 0.2) is 0 Å². The molecule has 2 aromatic carbocycles. The van der Waals surface area contributed by atoms with Gasteiger partial charge in [0.05, 0.1) is 16.4 Å². The Labute approximate surface area is 175 Å². The molecule has 28 heavy (non-hydrogen) atoms. The van der Waals surface area contributed by atoms with Crippen LogP contribution in [0.2, 0.25) is 5.02 Å². The summed E-state index contributed by atoms with van der Waals surface area (Å²) in [5.41, 5.74) is 6.02. The number of thioether (sulfide) groups is 1. The van der Waals surface area contributed by atoms with Crippen LogP contribution in [0.25, 0.3) is 11.3 Å². The van der Waals surface area contributed by atoms with Gasteiger partial charge in [0.2, 0.25) is 0 Å². The SMILES string of the molecule is CSc1c(C)c(-c2ccc(OCc3c(Cl)cccc3N(C)N)c(C)c2)nn1C. The fourth-order valence-electron chi connectivity index (χ4n) is 3.30. The van der Waals surface area contributed by atoms with Crippen LogP contribution >= 0.6 is 23.4 Å². The highest BCUT2D eigenvalue weighted by Crippen LogP contribution is 2.33. The van der Waals surface area contributed by atoms with E-state index in [1.165, 1.54) is 10.6 Å². The Morgan fingerprint density at radius 3 is 2.61 bits per heavy atom. The number of benzene rings is 2. The minimum atomic E-state index is 0.343. The fourth-order valence-corrected chi connectivity index (χ4v) is 4.24. The number of nitrogens with zero attached hydrogens (tertiary/aromatic N) is 3. The summed E-state index contributed by atoms with van der Waals surface area (Å²) in [4.78, 5) is 0. The van der Waals surface area contributed by atoms with E-state index in [0.29, 0.717) is 11.6 Å². The Morgan fingerprint density at radius 1 is 1.25 bits per heavy atom. The topological polar surface area (TPSA) is 56.3 Å². The van der Waals surface area contributed by atoms with Crippen LogP contribution < -0.4 is 15.6 Å². The molecule has 5 nitrogen and oxygen atoms in total. The van der Waals surface area contributed by atoms with Crippen LogP contribution in [0.4, 0.5) is 5.69 Å². The molecule has 0 saturated carbocycles. The Bertz CT molecular complexity index is 1000. The second-order valence-electron chi connectivity index (χ2n) is 6.72. The highest BCUT2D eigenvalue weighted by Gasteiger charge is 2.15. The molecule has 0 amide bonds. The van der Waals surface area contributed by atoms with Crippen molar-refractivity contribution in [1.82, 2.24) is 9.78 Å². The van der Waals surface area contributed by atoms with Gasteiger partial charge >= 0.3 is 0 Å². The summed E-state index contributed by atoms with van der Waals surface area (Å²) in [7, 11) is 3.76. The minimum Gasteiger partial charge on any atom is -0.488 e. The number of hydrazine groups is 1. The van der Waals surface area contributed by atoms with E-state index in [1.807, 2.05) is 49.0 Å². The number of rotatable bonds is 6. The molecule has 148 valence electrons. The number of aryl methyl sites for hydroxylation is 2. The molecule has 3 aromatic rings. The van der Waals surface area contributed by atoms with Gasteiger partial charge in [-0.15, -0.1) is 11.8 Å². The zero-order valence-electron chi connectivity index (χ0n) is 16.8. The van der Waals surface area contributed by atoms with E-state index in [9.17, 15) is 0 Å². The Kier molecular flexibility index (Phi) is 6.23. The van der Waals surface area contributed by atoms with Gasteiger partial charge in [0.25, 0.3) is 0 Å². The standard InChI is InChI=1S/C21H25ClN4OS/c1-13-11-15(20-14(2)21(28-5)26(4)24-20)9-10-19(13)27-12-16-17(22)7-6-8-18(16)25(3)23/h6-11H,12,23H2,1-5H3. The number of hydrogen-bond acceptors (Lipinski definition) is 5. The summed E-state index contributed by atoms with van der Waals surface area (Å²) in [6.45, 7) is 4.49. The van der Waals surface area contributed by atoms with Crippen molar-refractivity contribution in [2.75, 3.05) is 18.3 Å². The third-order valence-electron chi connectivity index (χ3n) is 4.71. The first-order valence-electron chi connectivity index (χ1n) is 8.90. The van der Waals surface area contributed by atoms with Gasteiger partial charge < -0.3 is 9.75 Å². The molecular weight excluding hydrogens is 392 g/mol. The van der Waals surface area contributed by atoms with Crippen molar-refractivity contribution in [3.63, 3.8) is 0 Å². The van der Waals surface area contributed by atoms with Crippen molar-refractivity contribution >= 4 is 29.1 Å². The normalized spacial score (nSPS) is 11.0. The molecule has 0 bridgehead atoms. The van der Waals surface area contributed by atoms with Gasteiger partial charge in [-0.05, 0) is 56.0 Å². The van der Waals surface area contributed by atoms with Crippen LogP contribution in [0, 0.1) is 13.8 Å². The Balaban J connectivity index is 1.85. The molecule has 0 aliphatic heterocycles. The number of ether oxygens (including phenoxy) is 1. The summed E-state index contributed by atoms with van der Waals surface area (Å²) >= 11 is 8.06. The fraction of sp³-hybridized carbons (Fsp3) is 0.286. The van der Waals surface area contributed by atoms with Crippen molar-refractivity contribution in [3.8, 4) is 17.0 Å². The minimum absolute atomic E-state index is 0.343. The molecule has 0 fully saturated rings. The van der Waals surface area contributed by atoms with Crippen molar-refractivity contribution in [2.45, 2.75) is 25.5 Å². The molecule has 0 atom stereocenters. The number of halogens is 1. The lowest BCUT2D eigenvalue weighted by Gasteiger charge is -2.19. The molecule has 1 aromatic heterocycles. The van der Waals surface area contributed by atoms with Crippen LogP contribution in [-0.4, -0.2) is 23.1 Å². The third-order valence-corrected chi connectivity index (χ3v) is 6.02. The van der Waals surface area contributed by atoms with Crippen LogP contribution in [-0.2, 0) is 13.7 Å². The zero-order valence-corrected chi connectivity index (χ0v) is 18.4. The van der Waals surface area contributed by atoms with Gasteiger partial charge in [0, 0.05) is 35.8 Å². The van der Waals surface area contributed by atoms with Crippen LogP contribution in [0.3, 0.4) is 0 Å². The molecule has 0 saturated heterocycles. The van der Waals surface area contributed by atoms with E-state index >= 15 is 0 Å². The maximum Gasteiger partial charge on any atom is 0.122 e. The van der Waals surface area contributed by atoms with Gasteiger partial charge in [0.1, 0.15) is 12.4 Å².